The number of hydrogen-bond donors (Lipinski definition) is 2. The van der Waals surface area contributed by atoms with E-state index >= 15 is 0 Å². The van der Waals surface area contributed by atoms with Crippen LogP contribution < -0.4 is 5.32 Å². The molecule has 98 valence electrons. The van der Waals surface area contributed by atoms with Crippen molar-refractivity contribution in [3.8, 4) is 0 Å². The first-order chi connectivity index (χ1) is 9.13. The van der Waals surface area contributed by atoms with Crippen LogP contribution in [0.3, 0.4) is 0 Å². The Balaban J connectivity index is 1.99. The van der Waals surface area contributed by atoms with Gasteiger partial charge in [-0.25, -0.2) is 9.78 Å². The first kappa shape index (κ1) is 12.0. The number of aromatic carboxylic acids is 1. The second-order valence-electron chi connectivity index (χ2n) is 5.30. The molecule has 0 spiro atoms. The van der Waals surface area contributed by atoms with Crippen molar-refractivity contribution in [2.24, 2.45) is 5.92 Å². The number of para-hydroxylation sites is 1. The number of nitrogens with zero attached hydrogens (tertiary/aromatic N) is 1. The van der Waals surface area contributed by atoms with Crippen LogP contribution >= 0.6 is 0 Å². The van der Waals surface area contributed by atoms with E-state index in [1.807, 2.05) is 18.2 Å². The van der Waals surface area contributed by atoms with E-state index in [-0.39, 0.29) is 0 Å². The maximum absolute atomic E-state index is 11.3. The van der Waals surface area contributed by atoms with Gasteiger partial charge in [0, 0.05) is 11.4 Å². The van der Waals surface area contributed by atoms with Crippen LogP contribution in [0, 0.1) is 5.92 Å². The lowest BCUT2D eigenvalue weighted by molar-refractivity contribution is 0.0699. The molecule has 4 nitrogen and oxygen atoms in total. The number of nitrogens with one attached hydrogen (secondary N) is 1. The molecule has 0 saturated heterocycles. The van der Waals surface area contributed by atoms with Crippen LogP contribution in [0.1, 0.15) is 30.1 Å². The summed E-state index contributed by atoms with van der Waals surface area (Å²) in [5.74, 6) is 0.494. The zero-order valence-electron chi connectivity index (χ0n) is 10.8. The molecule has 0 amide bonds. The molecule has 0 bridgehead atoms. The van der Waals surface area contributed by atoms with Crippen molar-refractivity contribution < 1.29 is 9.90 Å². The molecule has 1 heterocycles. The molecule has 0 unspecified atom stereocenters. The smallest absolute Gasteiger partial charge is 0.336 e. The summed E-state index contributed by atoms with van der Waals surface area (Å²) in [6.07, 6.45) is 2.24. The van der Waals surface area contributed by atoms with Crippen LogP contribution in [-0.4, -0.2) is 22.1 Å². The molecule has 1 fully saturated rings. The number of hydrogen-bond acceptors (Lipinski definition) is 3. The van der Waals surface area contributed by atoms with Crippen LogP contribution in [0.2, 0.25) is 0 Å². The van der Waals surface area contributed by atoms with Crippen molar-refractivity contribution >= 4 is 22.7 Å². The summed E-state index contributed by atoms with van der Waals surface area (Å²) in [6, 6.07) is 9.39. The van der Waals surface area contributed by atoms with Crippen LogP contribution in [0.5, 0.6) is 0 Å². The van der Waals surface area contributed by atoms with Crippen molar-refractivity contribution in [3.63, 3.8) is 0 Å². The molecule has 1 aromatic heterocycles. The topological polar surface area (TPSA) is 62.2 Å². The summed E-state index contributed by atoms with van der Waals surface area (Å²) in [6.45, 7) is 2.22. The predicted molar refractivity (Wildman–Crippen MR) is 74.5 cm³/mol. The number of anilines is 1. The molecule has 2 N–H and O–H groups in total. The minimum atomic E-state index is -0.913. The van der Waals surface area contributed by atoms with Crippen LogP contribution in [0.4, 0.5) is 5.82 Å². The van der Waals surface area contributed by atoms with Gasteiger partial charge in [-0.2, -0.15) is 0 Å². The lowest BCUT2D eigenvalue weighted by Crippen LogP contribution is -2.34. The molecule has 4 heteroatoms. The highest BCUT2D eigenvalue weighted by molar-refractivity contribution is 6.03. The fourth-order valence-electron chi connectivity index (χ4n) is 2.66. The molecule has 1 saturated carbocycles. The van der Waals surface area contributed by atoms with Gasteiger partial charge >= 0.3 is 5.97 Å². The van der Waals surface area contributed by atoms with Crippen molar-refractivity contribution in [3.05, 3.63) is 35.9 Å². The van der Waals surface area contributed by atoms with Crippen LogP contribution in [0.25, 0.3) is 10.9 Å². The minimum absolute atomic E-state index is 0.306. The van der Waals surface area contributed by atoms with Gasteiger partial charge in [0.2, 0.25) is 0 Å². The monoisotopic (exact) mass is 256 g/mol. The normalized spacial score (nSPS) is 21.9. The Hall–Kier alpha value is -2.10. The summed E-state index contributed by atoms with van der Waals surface area (Å²) < 4.78 is 0. The average Bonchev–Trinajstić information content (AvgIpc) is 2.36. The van der Waals surface area contributed by atoms with Crippen molar-refractivity contribution in [1.82, 2.24) is 4.98 Å². The van der Waals surface area contributed by atoms with Gasteiger partial charge < -0.3 is 10.4 Å². The Kier molecular flexibility index (Phi) is 2.85. The van der Waals surface area contributed by atoms with Crippen LogP contribution in [0.15, 0.2) is 30.3 Å². The first-order valence-corrected chi connectivity index (χ1v) is 6.53. The van der Waals surface area contributed by atoms with Gasteiger partial charge in [-0.1, -0.05) is 25.1 Å². The van der Waals surface area contributed by atoms with Gasteiger partial charge in [0.15, 0.2) is 0 Å². The molecule has 19 heavy (non-hydrogen) atoms. The zero-order chi connectivity index (χ0) is 13.4. The zero-order valence-corrected chi connectivity index (χ0v) is 10.8. The number of carbonyl (C=O) groups is 1. The quantitative estimate of drug-likeness (QED) is 0.885. The van der Waals surface area contributed by atoms with E-state index < -0.39 is 5.97 Å². The Labute approximate surface area is 111 Å². The largest absolute Gasteiger partial charge is 0.478 e. The second-order valence-corrected chi connectivity index (χ2v) is 5.30. The van der Waals surface area contributed by atoms with Gasteiger partial charge in [-0.15, -0.1) is 0 Å². The number of rotatable bonds is 3. The summed E-state index contributed by atoms with van der Waals surface area (Å²) in [5, 5.41) is 13.3. The molecule has 0 radical (unpaired) electrons. The fraction of sp³-hybridized carbons (Fsp3) is 0.333. The molecular weight excluding hydrogens is 240 g/mol. The fourth-order valence-corrected chi connectivity index (χ4v) is 2.66. The highest BCUT2D eigenvalue weighted by Gasteiger charge is 2.25. The van der Waals surface area contributed by atoms with Gasteiger partial charge in [-0.3, -0.25) is 0 Å². The van der Waals surface area contributed by atoms with Crippen molar-refractivity contribution in [2.75, 3.05) is 5.32 Å². The predicted octanol–water partition coefficient (Wildman–Crippen LogP) is 3.14. The molecule has 1 aromatic carbocycles. The lowest BCUT2D eigenvalue weighted by atomic mass is 9.82. The maximum Gasteiger partial charge on any atom is 0.336 e. The molecule has 2 aromatic rings. The molecular formula is C15H16N2O2. The summed E-state index contributed by atoms with van der Waals surface area (Å²) >= 11 is 0. The third-order valence-electron chi connectivity index (χ3n) is 3.67. The number of aromatic nitrogens is 1. The average molecular weight is 256 g/mol. The number of carboxylic acids is 1. The van der Waals surface area contributed by atoms with E-state index in [2.05, 4.69) is 17.2 Å². The SMILES string of the molecule is CC1CC(Nc2cc(C(=O)O)c3ccccc3n2)C1. The number of fused-ring (bicyclic) bond motifs is 1. The lowest BCUT2D eigenvalue weighted by Gasteiger charge is -2.33. The molecule has 1 aliphatic rings. The number of benzene rings is 1. The van der Waals surface area contributed by atoms with Crippen molar-refractivity contribution in [2.45, 2.75) is 25.8 Å². The molecule has 3 rings (SSSR count). The minimum Gasteiger partial charge on any atom is -0.478 e. The molecule has 0 atom stereocenters. The second kappa shape index (κ2) is 4.53. The Morgan fingerprint density at radius 3 is 2.79 bits per heavy atom. The highest BCUT2D eigenvalue weighted by Crippen LogP contribution is 2.30. The first-order valence-electron chi connectivity index (χ1n) is 6.53. The van der Waals surface area contributed by atoms with Crippen molar-refractivity contribution in [1.29, 1.82) is 0 Å². The summed E-state index contributed by atoms with van der Waals surface area (Å²) in [4.78, 5) is 15.8. The summed E-state index contributed by atoms with van der Waals surface area (Å²) in [5.41, 5.74) is 1.03. The van der Waals surface area contributed by atoms with E-state index in [1.54, 1.807) is 12.1 Å². The van der Waals surface area contributed by atoms with Crippen LogP contribution in [-0.2, 0) is 0 Å². The van der Waals surface area contributed by atoms with E-state index in [9.17, 15) is 9.90 Å². The third-order valence-corrected chi connectivity index (χ3v) is 3.67. The Morgan fingerprint density at radius 2 is 2.11 bits per heavy atom. The standard InChI is InChI=1S/C15H16N2O2/c1-9-6-10(7-9)16-14-8-12(15(18)19)11-4-2-3-5-13(11)17-14/h2-5,8-10H,6-7H2,1H3,(H,16,17)(H,18,19). The maximum atomic E-state index is 11.3. The number of pyridine rings is 1. The van der Waals surface area contributed by atoms with E-state index in [1.165, 1.54) is 0 Å². The van der Waals surface area contributed by atoms with E-state index in [4.69, 9.17) is 0 Å². The van der Waals surface area contributed by atoms with Gasteiger partial charge in [0.25, 0.3) is 0 Å². The molecule has 1 aliphatic carbocycles. The van der Waals surface area contributed by atoms with E-state index in [0.29, 0.717) is 22.8 Å². The number of carboxylic acid groups (broad SMARTS) is 1. The van der Waals surface area contributed by atoms with Gasteiger partial charge in [0.1, 0.15) is 5.82 Å². The van der Waals surface area contributed by atoms with Gasteiger partial charge in [0.05, 0.1) is 11.1 Å². The third kappa shape index (κ3) is 2.26. The van der Waals surface area contributed by atoms with Gasteiger partial charge in [-0.05, 0) is 30.9 Å². The summed E-state index contributed by atoms with van der Waals surface area (Å²) in [7, 11) is 0. The Bertz CT molecular complexity index is 633. The molecule has 0 aliphatic heterocycles. The van der Waals surface area contributed by atoms with E-state index in [0.717, 1.165) is 24.3 Å². The Morgan fingerprint density at radius 1 is 1.37 bits per heavy atom. The highest BCUT2D eigenvalue weighted by atomic mass is 16.4.